The van der Waals surface area contributed by atoms with Gasteiger partial charge in [-0.2, -0.15) is 11.3 Å². The number of halogens is 2. The van der Waals surface area contributed by atoms with E-state index in [4.69, 9.17) is 5.73 Å². The van der Waals surface area contributed by atoms with Gasteiger partial charge in [0, 0.05) is 5.56 Å². The second-order valence-corrected chi connectivity index (χ2v) is 4.85. The quantitative estimate of drug-likeness (QED) is 0.886. The van der Waals surface area contributed by atoms with Crippen molar-refractivity contribution in [1.82, 2.24) is 0 Å². The van der Waals surface area contributed by atoms with Gasteiger partial charge < -0.3 is 10.8 Å². The van der Waals surface area contributed by atoms with Gasteiger partial charge in [-0.15, -0.1) is 12.4 Å². The Balaban J connectivity index is 0.00000128. The molecule has 0 saturated carbocycles. The number of benzene rings is 1. The van der Waals surface area contributed by atoms with Crippen LogP contribution in [0.3, 0.4) is 0 Å². The van der Waals surface area contributed by atoms with Crippen LogP contribution in [0, 0.1) is 0 Å². The summed E-state index contributed by atoms with van der Waals surface area (Å²) >= 11 is 4.87. The van der Waals surface area contributed by atoms with Crippen molar-refractivity contribution in [3.63, 3.8) is 0 Å². The van der Waals surface area contributed by atoms with E-state index in [9.17, 15) is 5.11 Å². The van der Waals surface area contributed by atoms with Gasteiger partial charge in [0.2, 0.25) is 0 Å². The Hall–Kier alpha value is -0.550. The molecule has 2 rings (SSSR count). The highest BCUT2D eigenvalue weighted by Gasteiger charge is 2.14. The smallest absolute Gasteiger partial charge is 0.134 e. The summed E-state index contributed by atoms with van der Waals surface area (Å²) in [5.74, 6) is 0.219. The third-order valence-electron chi connectivity index (χ3n) is 2.26. The molecule has 0 amide bonds. The molecule has 2 nitrogen and oxygen atoms in total. The molecule has 16 heavy (non-hydrogen) atoms. The molecule has 5 heteroatoms. The lowest BCUT2D eigenvalue weighted by molar-refractivity contribution is 0.462. The average molecular weight is 321 g/mol. The van der Waals surface area contributed by atoms with Gasteiger partial charge in [0.25, 0.3) is 0 Å². The van der Waals surface area contributed by atoms with Gasteiger partial charge >= 0.3 is 0 Å². The molecule has 0 fully saturated rings. The molecule has 0 unspecified atom stereocenters. The van der Waals surface area contributed by atoms with Crippen molar-refractivity contribution in [2.75, 3.05) is 0 Å². The summed E-state index contributed by atoms with van der Waals surface area (Å²) in [6, 6.07) is 7.19. The minimum atomic E-state index is -0.270. The fourth-order valence-corrected chi connectivity index (χ4v) is 2.49. The Labute approximate surface area is 113 Å². The lowest BCUT2D eigenvalue weighted by Gasteiger charge is -2.13. The third kappa shape index (κ3) is 2.58. The number of nitrogens with two attached hydrogens (primary N) is 1. The van der Waals surface area contributed by atoms with Crippen molar-refractivity contribution in [3.05, 3.63) is 50.6 Å². The normalized spacial score (nSPS) is 11.9. The van der Waals surface area contributed by atoms with Gasteiger partial charge in [-0.3, -0.25) is 0 Å². The molecular formula is C11H11BrClNOS. The van der Waals surface area contributed by atoms with E-state index in [0.29, 0.717) is 4.47 Å². The van der Waals surface area contributed by atoms with Crippen LogP contribution in [-0.2, 0) is 0 Å². The van der Waals surface area contributed by atoms with Crippen LogP contribution in [0.1, 0.15) is 17.2 Å². The molecule has 1 heterocycles. The molecular weight excluding hydrogens is 310 g/mol. The summed E-state index contributed by atoms with van der Waals surface area (Å²) in [5.41, 5.74) is 7.82. The summed E-state index contributed by atoms with van der Waals surface area (Å²) in [5, 5.41) is 13.8. The predicted molar refractivity (Wildman–Crippen MR) is 73.4 cm³/mol. The van der Waals surface area contributed by atoms with Crippen molar-refractivity contribution >= 4 is 39.7 Å². The number of thiophene rings is 1. The molecule has 0 radical (unpaired) electrons. The molecule has 3 N–H and O–H groups in total. The van der Waals surface area contributed by atoms with Gasteiger partial charge in [-0.1, -0.05) is 12.1 Å². The lowest BCUT2D eigenvalue weighted by Crippen LogP contribution is -2.10. The van der Waals surface area contributed by atoms with Crippen LogP contribution in [0.2, 0.25) is 0 Å². The zero-order valence-electron chi connectivity index (χ0n) is 8.26. The first kappa shape index (κ1) is 13.5. The second-order valence-electron chi connectivity index (χ2n) is 3.21. The Morgan fingerprint density at radius 2 is 2.06 bits per heavy atom. The van der Waals surface area contributed by atoms with Gasteiger partial charge in [0.1, 0.15) is 5.75 Å². The van der Waals surface area contributed by atoms with Crippen LogP contribution in [0.25, 0.3) is 0 Å². The van der Waals surface area contributed by atoms with Crippen molar-refractivity contribution in [2.24, 2.45) is 5.73 Å². The Morgan fingerprint density at radius 1 is 1.31 bits per heavy atom. The number of hydrogen-bond donors (Lipinski definition) is 2. The van der Waals surface area contributed by atoms with E-state index in [0.717, 1.165) is 11.1 Å². The molecule has 0 aliphatic rings. The minimum Gasteiger partial charge on any atom is -0.506 e. The van der Waals surface area contributed by atoms with E-state index in [1.165, 1.54) is 0 Å². The summed E-state index contributed by atoms with van der Waals surface area (Å²) in [7, 11) is 0. The van der Waals surface area contributed by atoms with Crippen LogP contribution in [0.5, 0.6) is 5.75 Å². The Morgan fingerprint density at radius 3 is 2.69 bits per heavy atom. The molecule has 0 saturated heterocycles. The van der Waals surface area contributed by atoms with Crippen molar-refractivity contribution < 1.29 is 5.11 Å². The van der Waals surface area contributed by atoms with Gasteiger partial charge in [0.15, 0.2) is 0 Å². The predicted octanol–water partition coefficient (Wildman–Crippen LogP) is 3.69. The summed E-state index contributed by atoms with van der Waals surface area (Å²) in [4.78, 5) is 0. The standard InChI is InChI=1S/C11H10BrNOS.ClH/c12-9-3-1-2-8(11(9)14)10(13)7-4-5-15-6-7;/h1-6,10,14H,13H2;1H/t10-;/m0./s1. The Kier molecular flexibility index (Phi) is 4.80. The zero-order valence-corrected chi connectivity index (χ0v) is 11.5. The molecule has 86 valence electrons. The molecule has 1 atom stereocenters. The lowest BCUT2D eigenvalue weighted by atomic mass is 10.0. The van der Waals surface area contributed by atoms with Crippen molar-refractivity contribution in [1.29, 1.82) is 0 Å². The molecule has 1 aromatic carbocycles. The first-order chi connectivity index (χ1) is 7.20. The number of phenolic OH excluding ortho intramolecular Hbond substituents is 1. The van der Waals surface area contributed by atoms with Gasteiger partial charge in [-0.25, -0.2) is 0 Å². The van der Waals surface area contributed by atoms with Crippen molar-refractivity contribution in [2.45, 2.75) is 6.04 Å². The number of rotatable bonds is 2. The highest BCUT2D eigenvalue weighted by molar-refractivity contribution is 9.10. The van der Waals surface area contributed by atoms with E-state index in [2.05, 4.69) is 15.9 Å². The largest absolute Gasteiger partial charge is 0.506 e. The fraction of sp³-hybridized carbons (Fsp3) is 0.0909. The van der Waals surface area contributed by atoms with Crippen LogP contribution in [0.15, 0.2) is 39.5 Å². The molecule has 2 aromatic rings. The summed E-state index contributed by atoms with van der Waals surface area (Å²) < 4.78 is 0.672. The number of aromatic hydroxyl groups is 1. The molecule has 0 aliphatic heterocycles. The van der Waals surface area contributed by atoms with Crippen LogP contribution < -0.4 is 5.73 Å². The highest BCUT2D eigenvalue weighted by Crippen LogP contribution is 2.33. The zero-order chi connectivity index (χ0) is 10.8. The number of para-hydroxylation sites is 1. The third-order valence-corrected chi connectivity index (χ3v) is 3.60. The van der Waals surface area contributed by atoms with Crippen LogP contribution in [-0.4, -0.2) is 5.11 Å². The average Bonchev–Trinajstić information content (AvgIpc) is 2.74. The summed E-state index contributed by atoms with van der Waals surface area (Å²) in [6.07, 6.45) is 0. The van der Waals surface area contributed by atoms with E-state index in [1.54, 1.807) is 17.4 Å². The maximum atomic E-state index is 9.84. The highest BCUT2D eigenvalue weighted by atomic mass is 79.9. The summed E-state index contributed by atoms with van der Waals surface area (Å²) in [6.45, 7) is 0. The molecule has 1 aromatic heterocycles. The number of hydrogen-bond acceptors (Lipinski definition) is 3. The molecule has 0 spiro atoms. The fourth-order valence-electron chi connectivity index (χ4n) is 1.41. The van der Waals surface area contributed by atoms with Crippen molar-refractivity contribution in [3.8, 4) is 5.75 Å². The van der Waals surface area contributed by atoms with E-state index in [1.807, 2.05) is 29.0 Å². The van der Waals surface area contributed by atoms with E-state index in [-0.39, 0.29) is 24.2 Å². The van der Waals surface area contributed by atoms with Crippen LogP contribution >= 0.6 is 39.7 Å². The SMILES string of the molecule is Cl.N[C@@H](c1ccsc1)c1cccc(Br)c1O. The minimum absolute atomic E-state index is 0. The van der Waals surface area contributed by atoms with E-state index < -0.39 is 0 Å². The van der Waals surface area contributed by atoms with E-state index >= 15 is 0 Å². The van der Waals surface area contributed by atoms with Gasteiger partial charge in [-0.05, 0) is 44.4 Å². The van der Waals surface area contributed by atoms with Crippen LogP contribution in [0.4, 0.5) is 0 Å². The monoisotopic (exact) mass is 319 g/mol. The Bertz CT molecular complexity index is 461. The number of phenols is 1. The molecule has 0 aliphatic carbocycles. The first-order valence-corrected chi connectivity index (χ1v) is 6.19. The topological polar surface area (TPSA) is 46.2 Å². The maximum absolute atomic E-state index is 9.84. The maximum Gasteiger partial charge on any atom is 0.134 e. The molecule has 0 bridgehead atoms. The van der Waals surface area contributed by atoms with Gasteiger partial charge in [0.05, 0.1) is 10.5 Å². The second kappa shape index (κ2) is 5.68. The first-order valence-electron chi connectivity index (χ1n) is 4.45.